The average molecular weight is 377 g/mol. The molecule has 1 aliphatic heterocycles. The number of nitrogens with zero attached hydrogens (tertiary/aromatic N) is 4. The van der Waals surface area contributed by atoms with Gasteiger partial charge >= 0.3 is 11.8 Å². The SMILES string of the molecule is Cc1ccc(CNC(=O)c2nc(-c3ccnc(N4CCCC4)c3)no2)cc1C. The predicted octanol–water partition coefficient (Wildman–Crippen LogP) is 3.28. The van der Waals surface area contributed by atoms with E-state index in [1.165, 1.54) is 24.0 Å². The number of aryl methyl sites for hydroxylation is 2. The Morgan fingerprint density at radius 3 is 2.75 bits per heavy atom. The van der Waals surface area contributed by atoms with Crippen molar-refractivity contribution in [1.82, 2.24) is 20.4 Å². The molecule has 1 fully saturated rings. The molecule has 144 valence electrons. The zero-order chi connectivity index (χ0) is 19.5. The Kier molecular flexibility index (Phi) is 5.06. The third-order valence-electron chi connectivity index (χ3n) is 5.08. The summed E-state index contributed by atoms with van der Waals surface area (Å²) < 4.78 is 5.17. The van der Waals surface area contributed by atoms with E-state index in [2.05, 4.69) is 45.3 Å². The van der Waals surface area contributed by atoms with Crippen LogP contribution in [0.25, 0.3) is 11.4 Å². The van der Waals surface area contributed by atoms with Gasteiger partial charge in [0.1, 0.15) is 5.82 Å². The first-order valence-electron chi connectivity index (χ1n) is 9.49. The molecule has 0 radical (unpaired) electrons. The second kappa shape index (κ2) is 7.80. The minimum absolute atomic E-state index is 0.0432. The maximum Gasteiger partial charge on any atom is 0.316 e. The summed E-state index contributed by atoms with van der Waals surface area (Å²) in [5.74, 6) is 0.865. The fourth-order valence-electron chi connectivity index (χ4n) is 3.28. The number of aromatic nitrogens is 3. The van der Waals surface area contributed by atoms with Crippen molar-refractivity contribution in [2.24, 2.45) is 0 Å². The van der Waals surface area contributed by atoms with Gasteiger partial charge in [-0.15, -0.1) is 0 Å². The van der Waals surface area contributed by atoms with Crippen LogP contribution in [0.15, 0.2) is 41.1 Å². The van der Waals surface area contributed by atoms with Gasteiger partial charge in [-0.3, -0.25) is 4.79 Å². The standard InChI is InChI=1S/C21H23N5O2/c1-14-5-6-16(11-15(14)2)13-23-20(27)21-24-19(25-28-21)17-7-8-22-18(12-17)26-9-3-4-10-26/h5-8,11-12H,3-4,9-10,13H2,1-2H3,(H,23,27). The normalized spacial score (nSPS) is 13.7. The molecule has 1 aliphatic rings. The highest BCUT2D eigenvalue weighted by atomic mass is 16.5. The molecule has 1 saturated heterocycles. The monoisotopic (exact) mass is 377 g/mol. The van der Waals surface area contributed by atoms with Gasteiger partial charge in [0.15, 0.2) is 0 Å². The van der Waals surface area contributed by atoms with E-state index in [1.807, 2.05) is 24.3 Å². The smallest absolute Gasteiger partial charge is 0.316 e. The van der Waals surface area contributed by atoms with Crippen LogP contribution in [0.3, 0.4) is 0 Å². The summed E-state index contributed by atoms with van der Waals surface area (Å²) in [6.45, 7) is 6.54. The summed E-state index contributed by atoms with van der Waals surface area (Å²) in [6.07, 6.45) is 4.09. The number of carbonyl (C=O) groups is 1. The lowest BCUT2D eigenvalue weighted by Gasteiger charge is -2.16. The highest BCUT2D eigenvalue weighted by Gasteiger charge is 2.18. The molecular formula is C21H23N5O2. The van der Waals surface area contributed by atoms with E-state index in [-0.39, 0.29) is 11.8 Å². The van der Waals surface area contributed by atoms with Crippen molar-refractivity contribution in [3.05, 3.63) is 59.1 Å². The van der Waals surface area contributed by atoms with Crippen LogP contribution in [0.2, 0.25) is 0 Å². The quantitative estimate of drug-likeness (QED) is 0.735. The molecule has 3 heterocycles. The van der Waals surface area contributed by atoms with Crippen molar-refractivity contribution < 1.29 is 9.32 Å². The molecular weight excluding hydrogens is 354 g/mol. The Balaban J connectivity index is 1.44. The van der Waals surface area contributed by atoms with E-state index in [1.54, 1.807) is 6.20 Å². The predicted molar refractivity (Wildman–Crippen MR) is 106 cm³/mol. The van der Waals surface area contributed by atoms with E-state index in [0.717, 1.165) is 30.0 Å². The summed E-state index contributed by atoms with van der Waals surface area (Å²) in [6, 6.07) is 9.86. The number of rotatable bonds is 5. The Bertz CT molecular complexity index is 992. The number of hydrogen-bond acceptors (Lipinski definition) is 6. The molecule has 0 spiro atoms. The topological polar surface area (TPSA) is 84.2 Å². The number of pyridine rings is 1. The molecule has 1 aromatic carbocycles. The molecule has 0 atom stereocenters. The summed E-state index contributed by atoms with van der Waals surface area (Å²) >= 11 is 0. The van der Waals surface area contributed by atoms with Gasteiger partial charge in [-0.05, 0) is 55.5 Å². The van der Waals surface area contributed by atoms with Crippen LogP contribution in [0, 0.1) is 13.8 Å². The van der Waals surface area contributed by atoms with Crippen LogP contribution < -0.4 is 10.2 Å². The lowest BCUT2D eigenvalue weighted by atomic mass is 10.1. The zero-order valence-electron chi connectivity index (χ0n) is 16.1. The molecule has 3 aromatic rings. The zero-order valence-corrected chi connectivity index (χ0v) is 16.1. The summed E-state index contributed by atoms with van der Waals surface area (Å²) in [7, 11) is 0. The Morgan fingerprint density at radius 2 is 1.96 bits per heavy atom. The molecule has 0 bridgehead atoms. The largest absolute Gasteiger partial charge is 0.357 e. The number of hydrogen-bond donors (Lipinski definition) is 1. The van der Waals surface area contributed by atoms with Crippen molar-refractivity contribution >= 4 is 11.7 Å². The molecule has 28 heavy (non-hydrogen) atoms. The van der Waals surface area contributed by atoms with Gasteiger partial charge in [0, 0.05) is 31.4 Å². The number of amides is 1. The van der Waals surface area contributed by atoms with E-state index >= 15 is 0 Å². The van der Waals surface area contributed by atoms with E-state index in [4.69, 9.17) is 4.52 Å². The summed E-state index contributed by atoms with van der Waals surface area (Å²) in [5, 5.41) is 6.79. The Morgan fingerprint density at radius 1 is 1.14 bits per heavy atom. The third-order valence-corrected chi connectivity index (χ3v) is 5.08. The molecule has 7 heteroatoms. The van der Waals surface area contributed by atoms with E-state index in [9.17, 15) is 4.79 Å². The maximum absolute atomic E-state index is 12.4. The molecule has 0 unspecified atom stereocenters. The van der Waals surface area contributed by atoms with Crippen LogP contribution in [-0.2, 0) is 6.54 Å². The molecule has 4 rings (SSSR count). The van der Waals surface area contributed by atoms with Crippen molar-refractivity contribution in [2.75, 3.05) is 18.0 Å². The Labute approximate surface area is 163 Å². The molecule has 1 N–H and O–H groups in total. The third kappa shape index (κ3) is 3.88. The fraction of sp³-hybridized carbons (Fsp3) is 0.333. The number of nitrogens with one attached hydrogen (secondary N) is 1. The molecule has 2 aromatic heterocycles. The van der Waals surface area contributed by atoms with Crippen LogP contribution >= 0.6 is 0 Å². The van der Waals surface area contributed by atoms with Crippen LogP contribution in [0.4, 0.5) is 5.82 Å². The second-order valence-electron chi connectivity index (χ2n) is 7.12. The van der Waals surface area contributed by atoms with Crippen LogP contribution in [0.1, 0.15) is 40.2 Å². The van der Waals surface area contributed by atoms with Crippen molar-refractivity contribution in [3.63, 3.8) is 0 Å². The molecule has 1 amide bonds. The average Bonchev–Trinajstić information content (AvgIpc) is 3.41. The first kappa shape index (κ1) is 18.2. The van der Waals surface area contributed by atoms with E-state index in [0.29, 0.717) is 12.4 Å². The maximum atomic E-state index is 12.4. The Hall–Kier alpha value is -3.22. The minimum atomic E-state index is -0.384. The van der Waals surface area contributed by atoms with Crippen LogP contribution in [0.5, 0.6) is 0 Å². The molecule has 7 nitrogen and oxygen atoms in total. The molecule has 0 saturated carbocycles. The number of carbonyl (C=O) groups excluding carboxylic acids is 1. The second-order valence-corrected chi connectivity index (χ2v) is 7.12. The minimum Gasteiger partial charge on any atom is -0.357 e. The van der Waals surface area contributed by atoms with Crippen molar-refractivity contribution in [1.29, 1.82) is 0 Å². The van der Waals surface area contributed by atoms with Gasteiger partial charge in [0.2, 0.25) is 5.82 Å². The number of anilines is 1. The van der Waals surface area contributed by atoms with Gasteiger partial charge < -0.3 is 14.7 Å². The first-order valence-corrected chi connectivity index (χ1v) is 9.49. The molecule has 0 aliphatic carbocycles. The summed E-state index contributed by atoms with van der Waals surface area (Å²) in [5.41, 5.74) is 4.23. The summed E-state index contributed by atoms with van der Waals surface area (Å²) in [4.78, 5) is 23.3. The first-order chi connectivity index (χ1) is 13.6. The lowest BCUT2D eigenvalue weighted by molar-refractivity contribution is 0.0907. The fourth-order valence-corrected chi connectivity index (χ4v) is 3.28. The van der Waals surface area contributed by atoms with Gasteiger partial charge in [-0.25, -0.2) is 4.98 Å². The van der Waals surface area contributed by atoms with E-state index < -0.39 is 0 Å². The van der Waals surface area contributed by atoms with Crippen molar-refractivity contribution in [3.8, 4) is 11.4 Å². The van der Waals surface area contributed by atoms with Crippen LogP contribution in [-0.4, -0.2) is 34.1 Å². The van der Waals surface area contributed by atoms with Crippen molar-refractivity contribution in [2.45, 2.75) is 33.2 Å². The van der Waals surface area contributed by atoms with Gasteiger partial charge in [0.05, 0.1) is 0 Å². The highest BCUT2D eigenvalue weighted by Crippen LogP contribution is 2.23. The van der Waals surface area contributed by atoms with Gasteiger partial charge in [-0.2, -0.15) is 4.98 Å². The number of benzene rings is 1. The van der Waals surface area contributed by atoms with Gasteiger partial charge in [0.25, 0.3) is 0 Å². The highest BCUT2D eigenvalue weighted by molar-refractivity contribution is 5.89. The lowest BCUT2D eigenvalue weighted by Crippen LogP contribution is -2.23. The van der Waals surface area contributed by atoms with Gasteiger partial charge in [-0.1, -0.05) is 23.4 Å².